The van der Waals surface area contributed by atoms with Gasteiger partial charge in [0.05, 0.1) is 6.42 Å². The van der Waals surface area contributed by atoms with Gasteiger partial charge in [0.2, 0.25) is 5.91 Å². The second kappa shape index (κ2) is 6.75. The van der Waals surface area contributed by atoms with Gasteiger partial charge in [-0.2, -0.15) is 0 Å². The van der Waals surface area contributed by atoms with Crippen molar-refractivity contribution in [1.29, 1.82) is 0 Å². The predicted octanol–water partition coefficient (Wildman–Crippen LogP) is 1.80. The first kappa shape index (κ1) is 14.9. The number of rotatable bonds is 4. The summed E-state index contributed by atoms with van der Waals surface area (Å²) < 4.78 is 0. The Kier molecular flexibility index (Phi) is 5.01. The highest BCUT2D eigenvalue weighted by atomic mass is 16.1. The van der Waals surface area contributed by atoms with Crippen LogP contribution in [0.25, 0.3) is 0 Å². The fourth-order valence-electron chi connectivity index (χ4n) is 2.86. The monoisotopic (exact) mass is 275 g/mol. The fourth-order valence-corrected chi connectivity index (χ4v) is 2.86. The zero-order valence-electron chi connectivity index (χ0n) is 12.4. The van der Waals surface area contributed by atoms with Gasteiger partial charge >= 0.3 is 0 Å². The van der Waals surface area contributed by atoms with Gasteiger partial charge in [-0.3, -0.25) is 4.79 Å². The van der Waals surface area contributed by atoms with Gasteiger partial charge in [-0.05, 0) is 57.5 Å². The Morgan fingerprint density at radius 1 is 1.30 bits per heavy atom. The molecule has 1 aromatic rings. The molecule has 110 valence electrons. The van der Waals surface area contributed by atoms with Gasteiger partial charge in [-0.15, -0.1) is 0 Å². The summed E-state index contributed by atoms with van der Waals surface area (Å²) in [6.45, 7) is 0. The lowest BCUT2D eigenvalue weighted by molar-refractivity contribution is -0.121. The van der Waals surface area contributed by atoms with Gasteiger partial charge in [-0.1, -0.05) is 12.1 Å². The number of nitrogens with one attached hydrogen (secondary N) is 1. The zero-order chi connectivity index (χ0) is 14.5. The normalized spacial score (nSPS) is 22.8. The van der Waals surface area contributed by atoms with Crippen molar-refractivity contribution in [2.75, 3.05) is 19.8 Å². The van der Waals surface area contributed by atoms with E-state index in [1.165, 1.54) is 12.8 Å². The summed E-state index contributed by atoms with van der Waals surface area (Å²) in [5.74, 6) is 0.110. The van der Waals surface area contributed by atoms with Crippen LogP contribution < -0.4 is 11.1 Å². The summed E-state index contributed by atoms with van der Waals surface area (Å²) in [6.07, 6.45) is 5.01. The molecule has 20 heavy (non-hydrogen) atoms. The Morgan fingerprint density at radius 3 is 2.65 bits per heavy atom. The van der Waals surface area contributed by atoms with Crippen LogP contribution in [0.1, 0.15) is 31.2 Å². The standard InChI is InChI=1S/C16H25N3O/c1-19(2)15-5-3-4-14(11-15)18-16(20)10-12-6-8-13(17)9-7-12/h6-9,14-15H,3-5,10-11,17H2,1-2H3,(H,18,20). The van der Waals surface area contributed by atoms with Crippen molar-refractivity contribution >= 4 is 11.6 Å². The molecule has 2 atom stereocenters. The van der Waals surface area contributed by atoms with Gasteiger partial charge in [-0.25, -0.2) is 0 Å². The molecular formula is C16H25N3O. The zero-order valence-corrected chi connectivity index (χ0v) is 12.4. The lowest BCUT2D eigenvalue weighted by atomic mass is 9.90. The average Bonchev–Trinajstić information content (AvgIpc) is 2.41. The summed E-state index contributed by atoms with van der Waals surface area (Å²) in [5.41, 5.74) is 7.39. The first-order chi connectivity index (χ1) is 9.54. The second-order valence-electron chi connectivity index (χ2n) is 5.97. The SMILES string of the molecule is CN(C)C1CCCC(NC(=O)Cc2ccc(N)cc2)C1. The number of nitrogen functional groups attached to an aromatic ring is 1. The smallest absolute Gasteiger partial charge is 0.224 e. The predicted molar refractivity (Wildman–Crippen MR) is 82.4 cm³/mol. The Labute approximate surface area is 121 Å². The highest BCUT2D eigenvalue weighted by Gasteiger charge is 2.24. The van der Waals surface area contributed by atoms with Crippen LogP contribution in [0.15, 0.2) is 24.3 Å². The molecule has 0 bridgehead atoms. The van der Waals surface area contributed by atoms with Gasteiger partial charge < -0.3 is 16.0 Å². The van der Waals surface area contributed by atoms with E-state index in [1.807, 2.05) is 24.3 Å². The summed E-state index contributed by atoms with van der Waals surface area (Å²) >= 11 is 0. The molecule has 1 saturated carbocycles. The lowest BCUT2D eigenvalue weighted by Gasteiger charge is -2.33. The molecular weight excluding hydrogens is 250 g/mol. The molecule has 1 aliphatic rings. The van der Waals surface area contributed by atoms with E-state index in [-0.39, 0.29) is 5.91 Å². The number of benzene rings is 1. The molecule has 0 aliphatic heterocycles. The molecule has 2 unspecified atom stereocenters. The molecule has 1 aromatic carbocycles. The van der Waals surface area contributed by atoms with Gasteiger partial charge in [0.1, 0.15) is 0 Å². The quantitative estimate of drug-likeness (QED) is 0.824. The number of anilines is 1. The number of amides is 1. The molecule has 0 aromatic heterocycles. The molecule has 0 spiro atoms. The van der Waals surface area contributed by atoms with Crippen LogP contribution in [-0.2, 0) is 11.2 Å². The molecule has 1 aliphatic carbocycles. The maximum Gasteiger partial charge on any atom is 0.224 e. The van der Waals surface area contributed by atoms with E-state index in [2.05, 4.69) is 24.3 Å². The van der Waals surface area contributed by atoms with Crippen molar-refractivity contribution in [3.8, 4) is 0 Å². The molecule has 3 N–H and O–H groups in total. The van der Waals surface area contributed by atoms with Gasteiger partial charge in [0, 0.05) is 17.8 Å². The van der Waals surface area contributed by atoms with Crippen molar-refractivity contribution in [2.24, 2.45) is 0 Å². The van der Waals surface area contributed by atoms with Crippen LogP contribution >= 0.6 is 0 Å². The molecule has 2 rings (SSSR count). The first-order valence-electron chi connectivity index (χ1n) is 7.35. The van der Waals surface area contributed by atoms with Crippen LogP contribution in [0.3, 0.4) is 0 Å². The molecule has 4 heteroatoms. The number of nitrogens with two attached hydrogens (primary N) is 1. The number of nitrogens with zero attached hydrogens (tertiary/aromatic N) is 1. The molecule has 4 nitrogen and oxygen atoms in total. The third-order valence-corrected chi connectivity index (χ3v) is 4.09. The Morgan fingerprint density at radius 2 is 2.00 bits per heavy atom. The van der Waals surface area contributed by atoms with Crippen LogP contribution in [0.5, 0.6) is 0 Å². The summed E-state index contributed by atoms with van der Waals surface area (Å²) in [5, 5.41) is 3.17. The van der Waals surface area contributed by atoms with Crippen LogP contribution in [0, 0.1) is 0 Å². The third kappa shape index (κ3) is 4.23. The fraction of sp³-hybridized carbons (Fsp3) is 0.562. The first-order valence-corrected chi connectivity index (χ1v) is 7.35. The minimum Gasteiger partial charge on any atom is -0.399 e. The summed E-state index contributed by atoms with van der Waals surface area (Å²) in [6, 6.07) is 8.41. The van der Waals surface area contributed by atoms with Crippen LogP contribution in [-0.4, -0.2) is 37.0 Å². The van der Waals surface area contributed by atoms with Crippen molar-refractivity contribution in [3.63, 3.8) is 0 Å². The number of carbonyl (C=O) groups excluding carboxylic acids is 1. The minimum atomic E-state index is 0.110. The minimum absolute atomic E-state index is 0.110. The summed E-state index contributed by atoms with van der Waals surface area (Å²) in [4.78, 5) is 14.3. The number of carbonyl (C=O) groups is 1. The Bertz CT molecular complexity index is 442. The van der Waals surface area contributed by atoms with Crippen LogP contribution in [0.4, 0.5) is 5.69 Å². The average molecular weight is 275 g/mol. The van der Waals surface area contributed by atoms with E-state index < -0.39 is 0 Å². The summed E-state index contributed by atoms with van der Waals surface area (Å²) in [7, 11) is 4.23. The lowest BCUT2D eigenvalue weighted by Crippen LogP contribution is -2.44. The van der Waals surface area contributed by atoms with E-state index in [0.29, 0.717) is 18.5 Å². The molecule has 1 fully saturated rings. The topological polar surface area (TPSA) is 58.4 Å². The van der Waals surface area contributed by atoms with Gasteiger partial charge in [0.25, 0.3) is 0 Å². The van der Waals surface area contributed by atoms with Crippen molar-refractivity contribution in [1.82, 2.24) is 10.2 Å². The Hall–Kier alpha value is -1.55. The molecule has 0 heterocycles. The molecule has 0 saturated heterocycles. The van der Waals surface area contributed by atoms with Gasteiger partial charge in [0.15, 0.2) is 0 Å². The van der Waals surface area contributed by atoms with E-state index >= 15 is 0 Å². The van der Waals surface area contributed by atoms with E-state index in [4.69, 9.17) is 5.73 Å². The van der Waals surface area contributed by atoms with E-state index in [0.717, 1.165) is 24.1 Å². The highest BCUT2D eigenvalue weighted by Crippen LogP contribution is 2.21. The number of hydrogen-bond acceptors (Lipinski definition) is 3. The number of hydrogen-bond donors (Lipinski definition) is 2. The van der Waals surface area contributed by atoms with Crippen molar-refractivity contribution < 1.29 is 4.79 Å². The van der Waals surface area contributed by atoms with Crippen molar-refractivity contribution in [3.05, 3.63) is 29.8 Å². The highest BCUT2D eigenvalue weighted by molar-refractivity contribution is 5.79. The molecule has 0 radical (unpaired) electrons. The van der Waals surface area contributed by atoms with Crippen molar-refractivity contribution in [2.45, 2.75) is 44.2 Å². The van der Waals surface area contributed by atoms with Crippen LogP contribution in [0.2, 0.25) is 0 Å². The maximum atomic E-state index is 12.1. The third-order valence-electron chi connectivity index (χ3n) is 4.09. The largest absolute Gasteiger partial charge is 0.399 e. The Balaban J connectivity index is 1.83. The molecule has 1 amide bonds. The van der Waals surface area contributed by atoms with E-state index in [1.54, 1.807) is 0 Å². The maximum absolute atomic E-state index is 12.1. The second-order valence-corrected chi connectivity index (χ2v) is 5.97. The van der Waals surface area contributed by atoms with E-state index in [9.17, 15) is 4.79 Å².